The number of aromatic nitrogens is 2. The Kier molecular flexibility index (Phi) is 8.55. The number of nitrogens with one attached hydrogen (secondary N) is 1. The largest absolute Gasteiger partial charge is 0.497 e. The third kappa shape index (κ3) is 6.23. The number of Topliss-reactive ketones (excluding diaryl/α,β-unsaturated/α-hetero) is 1. The molecule has 7 nitrogen and oxygen atoms in total. The second-order valence-electron chi connectivity index (χ2n) is 9.99. The summed E-state index contributed by atoms with van der Waals surface area (Å²) >= 11 is 1.22. The standard InChI is InChI=1S/C31H33N3O4S/c1-18(2)17-32-29(36)23-9-14-26-27(16-23)33-31(34(30(26)37)24-10-12-25(38-6)13-11-24)39-21(5)28(35)22-8-7-19(3)20(4)15-22/h7-16,18,21H,17H2,1-6H3,(H,32,36)/t21-/m0/s1. The Labute approximate surface area is 232 Å². The number of benzene rings is 3. The molecule has 0 spiro atoms. The van der Waals surface area contributed by atoms with Gasteiger partial charge in [-0.3, -0.25) is 19.0 Å². The molecule has 8 heteroatoms. The molecule has 4 rings (SSSR count). The van der Waals surface area contributed by atoms with Gasteiger partial charge in [0.1, 0.15) is 5.75 Å². The van der Waals surface area contributed by atoms with Crippen molar-refractivity contribution in [1.82, 2.24) is 14.9 Å². The van der Waals surface area contributed by atoms with E-state index in [1.54, 1.807) is 49.6 Å². The summed E-state index contributed by atoms with van der Waals surface area (Å²) < 4.78 is 6.79. The van der Waals surface area contributed by atoms with Gasteiger partial charge in [-0.05, 0) is 86.3 Å². The second kappa shape index (κ2) is 11.9. The molecule has 0 aliphatic rings. The maximum atomic E-state index is 13.8. The van der Waals surface area contributed by atoms with Gasteiger partial charge in [0.2, 0.25) is 0 Å². The lowest BCUT2D eigenvalue weighted by atomic mass is 10.0. The van der Waals surface area contributed by atoms with Crippen LogP contribution in [0.5, 0.6) is 5.75 Å². The normalized spacial score (nSPS) is 12.0. The minimum absolute atomic E-state index is 0.0551. The summed E-state index contributed by atoms with van der Waals surface area (Å²) in [6.07, 6.45) is 0. The molecule has 4 aromatic rings. The molecule has 0 saturated heterocycles. The van der Waals surface area contributed by atoms with Crippen LogP contribution in [0.4, 0.5) is 0 Å². The Bertz CT molecular complexity index is 1590. The molecule has 39 heavy (non-hydrogen) atoms. The average Bonchev–Trinajstić information content (AvgIpc) is 2.92. The van der Waals surface area contributed by atoms with Crippen molar-refractivity contribution in [1.29, 1.82) is 0 Å². The first-order valence-electron chi connectivity index (χ1n) is 12.9. The number of rotatable bonds is 9. The van der Waals surface area contributed by atoms with Gasteiger partial charge in [-0.2, -0.15) is 0 Å². The summed E-state index contributed by atoms with van der Waals surface area (Å²) in [5, 5.41) is 3.13. The zero-order valence-corrected chi connectivity index (χ0v) is 23.9. The first-order valence-corrected chi connectivity index (χ1v) is 13.7. The van der Waals surface area contributed by atoms with E-state index in [9.17, 15) is 14.4 Å². The fraction of sp³-hybridized carbons (Fsp3) is 0.290. The van der Waals surface area contributed by atoms with E-state index in [0.717, 1.165) is 11.1 Å². The van der Waals surface area contributed by atoms with E-state index in [4.69, 9.17) is 9.72 Å². The maximum Gasteiger partial charge on any atom is 0.266 e. The topological polar surface area (TPSA) is 90.3 Å². The number of carbonyl (C=O) groups is 2. The van der Waals surface area contributed by atoms with E-state index >= 15 is 0 Å². The van der Waals surface area contributed by atoms with Gasteiger partial charge in [0.05, 0.1) is 29.0 Å². The summed E-state index contributed by atoms with van der Waals surface area (Å²) in [6, 6.07) is 17.7. The van der Waals surface area contributed by atoms with Crippen LogP contribution in [0.25, 0.3) is 16.6 Å². The number of fused-ring (bicyclic) bond motifs is 1. The van der Waals surface area contributed by atoms with Crippen LogP contribution in [-0.2, 0) is 0 Å². The highest BCUT2D eigenvalue weighted by Gasteiger charge is 2.22. The van der Waals surface area contributed by atoms with Crippen molar-refractivity contribution in [2.24, 2.45) is 5.92 Å². The zero-order chi connectivity index (χ0) is 28.3. The number of hydrogen-bond donors (Lipinski definition) is 1. The smallest absolute Gasteiger partial charge is 0.266 e. The van der Waals surface area contributed by atoms with Crippen molar-refractivity contribution in [3.05, 3.63) is 93.3 Å². The molecule has 0 saturated carbocycles. The van der Waals surface area contributed by atoms with Crippen LogP contribution in [0.2, 0.25) is 0 Å². The molecular formula is C31H33N3O4S. The van der Waals surface area contributed by atoms with Crippen molar-refractivity contribution >= 4 is 34.4 Å². The Morgan fingerprint density at radius 2 is 1.64 bits per heavy atom. The molecule has 1 N–H and O–H groups in total. The van der Waals surface area contributed by atoms with Crippen molar-refractivity contribution < 1.29 is 14.3 Å². The van der Waals surface area contributed by atoms with Gasteiger partial charge in [-0.25, -0.2) is 4.98 Å². The number of aryl methyl sites for hydroxylation is 2. The molecule has 1 heterocycles. The average molecular weight is 544 g/mol. The predicted octanol–water partition coefficient (Wildman–Crippen LogP) is 5.76. The summed E-state index contributed by atoms with van der Waals surface area (Å²) in [4.78, 5) is 44.7. The van der Waals surface area contributed by atoms with E-state index < -0.39 is 5.25 Å². The Morgan fingerprint density at radius 3 is 2.28 bits per heavy atom. The first-order chi connectivity index (χ1) is 18.6. The van der Waals surface area contributed by atoms with Crippen LogP contribution in [0, 0.1) is 19.8 Å². The minimum atomic E-state index is -0.515. The van der Waals surface area contributed by atoms with Gasteiger partial charge in [0.25, 0.3) is 11.5 Å². The number of carbonyl (C=O) groups excluding carboxylic acids is 2. The third-order valence-electron chi connectivity index (χ3n) is 6.55. The van der Waals surface area contributed by atoms with Crippen LogP contribution < -0.4 is 15.6 Å². The van der Waals surface area contributed by atoms with E-state index in [0.29, 0.717) is 51.1 Å². The lowest BCUT2D eigenvalue weighted by molar-refractivity contribution is 0.0948. The number of ether oxygens (including phenoxy) is 1. The van der Waals surface area contributed by atoms with Crippen molar-refractivity contribution in [2.75, 3.05) is 13.7 Å². The molecule has 0 fully saturated rings. The minimum Gasteiger partial charge on any atom is -0.497 e. The van der Waals surface area contributed by atoms with Gasteiger partial charge in [-0.1, -0.05) is 37.7 Å². The van der Waals surface area contributed by atoms with Crippen LogP contribution in [0.1, 0.15) is 52.6 Å². The molecule has 1 amide bonds. The van der Waals surface area contributed by atoms with Crippen LogP contribution in [0.3, 0.4) is 0 Å². The highest BCUT2D eigenvalue weighted by Crippen LogP contribution is 2.28. The summed E-state index contributed by atoms with van der Waals surface area (Å²) in [6.45, 7) is 10.4. The fourth-order valence-corrected chi connectivity index (χ4v) is 5.09. The molecule has 3 aromatic carbocycles. The molecule has 0 aliphatic carbocycles. The van der Waals surface area contributed by atoms with E-state index in [1.165, 1.54) is 16.3 Å². The van der Waals surface area contributed by atoms with Crippen LogP contribution in [0.15, 0.2) is 70.6 Å². The van der Waals surface area contributed by atoms with Crippen molar-refractivity contribution in [3.63, 3.8) is 0 Å². The Hall–Kier alpha value is -3.91. The molecular weight excluding hydrogens is 510 g/mol. The number of thioether (sulfide) groups is 1. The van der Waals surface area contributed by atoms with E-state index in [-0.39, 0.29) is 17.2 Å². The quantitative estimate of drug-likeness (QED) is 0.164. The van der Waals surface area contributed by atoms with Gasteiger partial charge >= 0.3 is 0 Å². The molecule has 0 aliphatic heterocycles. The lowest BCUT2D eigenvalue weighted by Gasteiger charge is -2.17. The maximum absolute atomic E-state index is 13.8. The molecule has 1 atom stereocenters. The number of ketones is 1. The monoisotopic (exact) mass is 543 g/mol. The third-order valence-corrected chi connectivity index (χ3v) is 7.60. The SMILES string of the molecule is COc1ccc(-n2c(S[C@@H](C)C(=O)c3ccc(C)c(C)c3)nc3cc(C(=O)NCC(C)C)ccc3c2=O)cc1. The Morgan fingerprint density at radius 1 is 0.949 bits per heavy atom. The van der Waals surface area contributed by atoms with Crippen molar-refractivity contribution in [2.45, 2.75) is 45.0 Å². The highest BCUT2D eigenvalue weighted by molar-refractivity contribution is 8.00. The Balaban J connectivity index is 1.80. The number of nitrogens with zero attached hydrogens (tertiary/aromatic N) is 2. The van der Waals surface area contributed by atoms with Crippen molar-refractivity contribution in [3.8, 4) is 11.4 Å². The van der Waals surface area contributed by atoms with E-state index in [2.05, 4.69) is 5.32 Å². The van der Waals surface area contributed by atoms with Crippen LogP contribution >= 0.6 is 11.8 Å². The predicted molar refractivity (Wildman–Crippen MR) is 157 cm³/mol. The zero-order valence-electron chi connectivity index (χ0n) is 23.1. The summed E-state index contributed by atoms with van der Waals surface area (Å²) in [5.74, 6) is 0.688. The number of amides is 1. The number of hydrogen-bond acceptors (Lipinski definition) is 6. The first kappa shape index (κ1) is 28.1. The highest BCUT2D eigenvalue weighted by atomic mass is 32.2. The van der Waals surface area contributed by atoms with Gasteiger partial charge in [-0.15, -0.1) is 0 Å². The van der Waals surface area contributed by atoms with Gasteiger partial charge < -0.3 is 10.1 Å². The van der Waals surface area contributed by atoms with Gasteiger partial charge in [0, 0.05) is 17.7 Å². The van der Waals surface area contributed by atoms with E-state index in [1.807, 2.05) is 52.8 Å². The fourth-order valence-electron chi connectivity index (χ4n) is 4.08. The molecule has 1 aromatic heterocycles. The number of methoxy groups -OCH3 is 1. The van der Waals surface area contributed by atoms with Crippen LogP contribution in [-0.4, -0.2) is 40.1 Å². The summed E-state index contributed by atoms with van der Waals surface area (Å²) in [5.41, 5.74) is 3.91. The lowest BCUT2D eigenvalue weighted by Crippen LogP contribution is -2.27. The van der Waals surface area contributed by atoms with Gasteiger partial charge in [0.15, 0.2) is 10.9 Å². The summed E-state index contributed by atoms with van der Waals surface area (Å²) in [7, 11) is 1.58. The molecule has 0 unspecified atom stereocenters. The second-order valence-corrected chi connectivity index (χ2v) is 11.3. The molecule has 0 bridgehead atoms. The molecule has 202 valence electrons. The molecule has 0 radical (unpaired) electrons.